The second-order valence-corrected chi connectivity index (χ2v) is 1.92. The molecule has 4 heteroatoms. The maximum absolute atomic E-state index is 10.0. The Balaban J connectivity index is 3.32. The van der Waals surface area contributed by atoms with Crippen LogP contribution in [0.5, 0.6) is 0 Å². The Bertz CT molecular complexity index is 86.1. The predicted octanol–water partition coefficient (Wildman–Crippen LogP) is 0.141. The van der Waals surface area contributed by atoms with E-state index in [4.69, 9.17) is 5.11 Å². The molecule has 0 heterocycles. The van der Waals surface area contributed by atoms with Crippen molar-refractivity contribution in [3.05, 3.63) is 0 Å². The Morgan fingerprint density at radius 1 is 2.00 bits per heavy atom. The van der Waals surface area contributed by atoms with Gasteiger partial charge in [0.1, 0.15) is 0 Å². The average molecular weight is 135 g/mol. The number of carbonyl (C=O) groups is 1. The molecular formula is C4H9NO2S. The lowest BCUT2D eigenvalue weighted by Crippen LogP contribution is -2.20. The number of thiol groups is 1. The zero-order chi connectivity index (χ0) is 6.57. The number of nitrogens with one attached hydrogen (secondary N) is 1. The fourth-order valence-electron chi connectivity index (χ4n) is 0.224. The molecule has 0 aliphatic heterocycles. The Kier molecular flexibility index (Phi) is 3.64. The standard InChI is InChI=1S/C4H9NO2S/c1-3(2-5-8)4(6)7/h3,5,8H,2H2,1H3,(H,6,7). The van der Waals surface area contributed by atoms with Gasteiger partial charge in [-0.15, -0.1) is 0 Å². The lowest BCUT2D eigenvalue weighted by atomic mass is 10.2. The van der Waals surface area contributed by atoms with E-state index in [1.165, 1.54) is 0 Å². The molecule has 0 spiro atoms. The van der Waals surface area contributed by atoms with E-state index in [0.717, 1.165) is 0 Å². The van der Waals surface area contributed by atoms with Crippen LogP contribution in [0.2, 0.25) is 0 Å². The van der Waals surface area contributed by atoms with Crippen LogP contribution < -0.4 is 4.72 Å². The van der Waals surface area contributed by atoms with Crippen molar-refractivity contribution in [1.82, 2.24) is 4.72 Å². The van der Waals surface area contributed by atoms with Crippen molar-refractivity contribution in [2.75, 3.05) is 6.54 Å². The summed E-state index contributed by atoms with van der Waals surface area (Å²) in [5.74, 6) is -1.15. The van der Waals surface area contributed by atoms with Crippen LogP contribution in [0.3, 0.4) is 0 Å². The third-order valence-electron chi connectivity index (χ3n) is 0.819. The van der Waals surface area contributed by atoms with Crippen molar-refractivity contribution < 1.29 is 9.90 Å². The van der Waals surface area contributed by atoms with Gasteiger partial charge >= 0.3 is 5.97 Å². The van der Waals surface area contributed by atoms with Crippen LogP contribution in [0.4, 0.5) is 0 Å². The molecule has 1 atom stereocenters. The topological polar surface area (TPSA) is 49.3 Å². The van der Waals surface area contributed by atoms with Gasteiger partial charge in [0.25, 0.3) is 0 Å². The van der Waals surface area contributed by atoms with Crippen molar-refractivity contribution in [2.45, 2.75) is 6.92 Å². The fourth-order valence-corrected chi connectivity index (χ4v) is 0.498. The molecule has 0 saturated carbocycles. The highest BCUT2D eigenvalue weighted by atomic mass is 32.1. The van der Waals surface area contributed by atoms with Gasteiger partial charge in [-0.2, -0.15) is 0 Å². The first kappa shape index (κ1) is 7.78. The van der Waals surface area contributed by atoms with Crippen LogP contribution >= 0.6 is 12.8 Å². The smallest absolute Gasteiger partial charge is 0.307 e. The number of rotatable bonds is 3. The van der Waals surface area contributed by atoms with Crippen LogP contribution in [-0.4, -0.2) is 17.6 Å². The van der Waals surface area contributed by atoms with Gasteiger partial charge in [-0.1, -0.05) is 19.7 Å². The average Bonchev–Trinajstić information content (AvgIpc) is 1.67. The molecule has 0 bridgehead atoms. The second kappa shape index (κ2) is 3.74. The van der Waals surface area contributed by atoms with Crippen LogP contribution in [0, 0.1) is 5.92 Å². The maximum Gasteiger partial charge on any atom is 0.307 e. The first-order valence-electron chi connectivity index (χ1n) is 2.28. The molecule has 0 aromatic rings. The lowest BCUT2D eigenvalue weighted by molar-refractivity contribution is -0.140. The van der Waals surface area contributed by atoms with Crippen molar-refractivity contribution in [3.8, 4) is 0 Å². The first-order valence-corrected chi connectivity index (χ1v) is 2.73. The zero-order valence-corrected chi connectivity index (χ0v) is 5.48. The number of carboxylic acid groups (broad SMARTS) is 1. The highest BCUT2D eigenvalue weighted by molar-refractivity contribution is 7.78. The van der Waals surface area contributed by atoms with Crippen molar-refractivity contribution in [1.29, 1.82) is 0 Å². The van der Waals surface area contributed by atoms with Gasteiger partial charge in [0.05, 0.1) is 5.92 Å². The molecule has 3 nitrogen and oxygen atoms in total. The Hall–Kier alpha value is -0.220. The minimum atomic E-state index is -0.799. The highest BCUT2D eigenvalue weighted by Gasteiger charge is 2.07. The first-order chi connectivity index (χ1) is 3.68. The van der Waals surface area contributed by atoms with Crippen LogP contribution in [-0.2, 0) is 4.79 Å². The SMILES string of the molecule is CC(CNS)C(=O)O. The van der Waals surface area contributed by atoms with Crippen molar-refractivity contribution in [2.24, 2.45) is 5.92 Å². The van der Waals surface area contributed by atoms with Gasteiger partial charge in [0.15, 0.2) is 0 Å². The fraction of sp³-hybridized carbons (Fsp3) is 0.750. The van der Waals surface area contributed by atoms with Gasteiger partial charge in [0.2, 0.25) is 0 Å². The lowest BCUT2D eigenvalue weighted by Gasteiger charge is -2.00. The summed E-state index contributed by atoms with van der Waals surface area (Å²) in [6, 6.07) is 0. The van der Waals surface area contributed by atoms with Gasteiger partial charge in [-0.25, -0.2) is 0 Å². The van der Waals surface area contributed by atoms with E-state index in [9.17, 15) is 4.79 Å². The minimum Gasteiger partial charge on any atom is -0.481 e. The molecule has 0 radical (unpaired) electrons. The number of aliphatic carboxylic acids is 1. The summed E-state index contributed by atoms with van der Waals surface area (Å²) >= 11 is 3.64. The van der Waals surface area contributed by atoms with Gasteiger partial charge in [-0.05, 0) is 0 Å². The maximum atomic E-state index is 10.0. The molecule has 0 aromatic carbocycles. The molecule has 2 N–H and O–H groups in total. The largest absolute Gasteiger partial charge is 0.481 e. The molecule has 0 aliphatic rings. The summed E-state index contributed by atoms with van der Waals surface area (Å²) in [5, 5.41) is 8.24. The van der Waals surface area contributed by atoms with E-state index in [0.29, 0.717) is 6.54 Å². The highest BCUT2D eigenvalue weighted by Crippen LogP contribution is 1.90. The molecule has 0 amide bonds. The molecule has 1 unspecified atom stereocenters. The summed E-state index contributed by atoms with van der Waals surface area (Å²) in [6.07, 6.45) is 0. The Morgan fingerprint density at radius 2 is 2.50 bits per heavy atom. The van der Waals surface area contributed by atoms with E-state index in [-0.39, 0.29) is 5.92 Å². The van der Waals surface area contributed by atoms with Gasteiger partial charge in [0, 0.05) is 6.54 Å². The second-order valence-electron chi connectivity index (χ2n) is 1.60. The van der Waals surface area contributed by atoms with E-state index in [1.54, 1.807) is 6.92 Å². The van der Waals surface area contributed by atoms with E-state index in [2.05, 4.69) is 17.5 Å². The number of hydrogen-bond donors (Lipinski definition) is 3. The Labute approximate surface area is 53.6 Å². The summed E-state index contributed by atoms with van der Waals surface area (Å²) in [6.45, 7) is 2.02. The van der Waals surface area contributed by atoms with Crippen molar-refractivity contribution >= 4 is 18.8 Å². The summed E-state index contributed by atoms with van der Waals surface area (Å²) in [5.41, 5.74) is 0. The summed E-state index contributed by atoms with van der Waals surface area (Å²) in [7, 11) is 0. The Morgan fingerprint density at radius 3 is 2.62 bits per heavy atom. The number of carboxylic acids is 1. The molecule has 0 aromatic heterocycles. The molecule has 48 valence electrons. The molecular weight excluding hydrogens is 126 g/mol. The van der Waals surface area contributed by atoms with Gasteiger partial charge < -0.3 is 5.11 Å². The summed E-state index contributed by atoms with van der Waals surface area (Å²) in [4.78, 5) is 10.0. The molecule has 0 aliphatic carbocycles. The van der Waals surface area contributed by atoms with Crippen molar-refractivity contribution in [3.63, 3.8) is 0 Å². The molecule has 0 fully saturated rings. The van der Waals surface area contributed by atoms with E-state index < -0.39 is 5.97 Å². The predicted molar refractivity (Wildman–Crippen MR) is 33.8 cm³/mol. The zero-order valence-electron chi connectivity index (χ0n) is 4.59. The summed E-state index contributed by atoms with van der Waals surface area (Å²) < 4.78 is 2.46. The van der Waals surface area contributed by atoms with Crippen LogP contribution in [0.15, 0.2) is 0 Å². The normalized spacial score (nSPS) is 13.2. The van der Waals surface area contributed by atoms with E-state index in [1.807, 2.05) is 0 Å². The van der Waals surface area contributed by atoms with Crippen LogP contribution in [0.25, 0.3) is 0 Å². The van der Waals surface area contributed by atoms with E-state index >= 15 is 0 Å². The number of hydrogen-bond acceptors (Lipinski definition) is 3. The third kappa shape index (κ3) is 2.87. The molecule has 8 heavy (non-hydrogen) atoms. The monoisotopic (exact) mass is 135 g/mol. The molecule has 0 rings (SSSR count). The third-order valence-corrected chi connectivity index (χ3v) is 1.00. The van der Waals surface area contributed by atoms with Crippen LogP contribution in [0.1, 0.15) is 6.92 Å². The van der Waals surface area contributed by atoms with Gasteiger partial charge in [-0.3, -0.25) is 9.52 Å². The molecule has 0 saturated heterocycles. The quantitative estimate of drug-likeness (QED) is 0.482. The minimum absolute atomic E-state index is 0.354.